The first-order chi connectivity index (χ1) is 13.6. The van der Waals surface area contributed by atoms with E-state index in [1.54, 1.807) is 0 Å². The maximum absolute atomic E-state index is 6.06. The Morgan fingerprint density at radius 3 is 2.32 bits per heavy atom. The van der Waals surface area contributed by atoms with Gasteiger partial charge in [-0.05, 0) is 49.7 Å². The molecule has 28 heavy (non-hydrogen) atoms. The first-order valence-corrected chi connectivity index (χ1v) is 9.76. The minimum Gasteiger partial charge on any atom is -0.353 e. The summed E-state index contributed by atoms with van der Waals surface area (Å²) in [5.41, 5.74) is 2.07. The molecule has 1 aliphatic heterocycles. The summed E-state index contributed by atoms with van der Waals surface area (Å²) < 4.78 is 0. The fourth-order valence-electron chi connectivity index (χ4n) is 3.39. The van der Waals surface area contributed by atoms with Gasteiger partial charge in [0.2, 0.25) is 0 Å². The van der Waals surface area contributed by atoms with E-state index in [9.17, 15) is 0 Å². The Kier molecular flexibility index (Phi) is 5.30. The summed E-state index contributed by atoms with van der Waals surface area (Å²) in [7, 11) is 0. The normalized spacial score (nSPS) is 14.2. The predicted molar refractivity (Wildman–Crippen MR) is 115 cm³/mol. The van der Waals surface area contributed by atoms with Crippen molar-refractivity contribution in [3.05, 3.63) is 65.1 Å². The molecule has 6 nitrogen and oxygen atoms in total. The maximum Gasteiger partial charge on any atom is 0.136 e. The predicted octanol–water partition coefficient (Wildman–Crippen LogP) is 4.21. The highest BCUT2D eigenvalue weighted by atomic mass is 35.5. The standard InChI is InChI=1S/C21H23ClN6/c1-15-13-17(22)6-7-18(15)26-19-14-21(25-16(2)24-19)28-11-9-27(10-12-28)20-5-3-4-8-23-20/h3-8,13-14H,9-12H2,1-2H3,(H,24,25,26). The Morgan fingerprint density at radius 2 is 1.64 bits per heavy atom. The van der Waals surface area contributed by atoms with Crippen molar-refractivity contribution in [1.82, 2.24) is 15.0 Å². The van der Waals surface area contributed by atoms with Gasteiger partial charge in [0.15, 0.2) is 0 Å². The fourth-order valence-corrected chi connectivity index (χ4v) is 3.62. The zero-order valence-electron chi connectivity index (χ0n) is 16.1. The van der Waals surface area contributed by atoms with Gasteiger partial charge in [-0.25, -0.2) is 15.0 Å². The SMILES string of the molecule is Cc1nc(Nc2ccc(Cl)cc2C)cc(N2CCN(c3ccccn3)CC2)n1. The average Bonchev–Trinajstić information content (AvgIpc) is 2.70. The summed E-state index contributed by atoms with van der Waals surface area (Å²) in [6.07, 6.45) is 1.84. The summed E-state index contributed by atoms with van der Waals surface area (Å²) in [5, 5.41) is 4.13. The van der Waals surface area contributed by atoms with Crippen LogP contribution in [0.3, 0.4) is 0 Å². The van der Waals surface area contributed by atoms with Crippen molar-refractivity contribution in [3.63, 3.8) is 0 Å². The van der Waals surface area contributed by atoms with Crippen molar-refractivity contribution in [2.45, 2.75) is 13.8 Å². The lowest BCUT2D eigenvalue weighted by Gasteiger charge is -2.36. The first kappa shape index (κ1) is 18.5. The van der Waals surface area contributed by atoms with Gasteiger partial charge >= 0.3 is 0 Å². The Hall–Kier alpha value is -2.86. The molecule has 0 radical (unpaired) electrons. The number of aryl methyl sites for hydroxylation is 2. The van der Waals surface area contributed by atoms with Crippen LogP contribution in [0.5, 0.6) is 0 Å². The van der Waals surface area contributed by atoms with Crippen LogP contribution in [0.25, 0.3) is 0 Å². The minimum atomic E-state index is 0.730. The lowest BCUT2D eigenvalue weighted by Crippen LogP contribution is -2.47. The molecule has 7 heteroatoms. The minimum absolute atomic E-state index is 0.730. The number of anilines is 4. The second kappa shape index (κ2) is 8.02. The number of aromatic nitrogens is 3. The highest BCUT2D eigenvalue weighted by Gasteiger charge is 2.20. The third-order valence-corrected chi connectivity index (χ3v) is 5.09. The molecule has 4 rings (SSSR count). The van der Waals surface area contributed by atoms with Crippen molar-refractivity contribution >= 4 is 34.7 Å². The molecule has 1 saturated heterocycles. The molecule has 0 unspecified atom stereocenters. The Morgan fingerprint density at radius 1 is 0.893 bits per heavy atom. The summed E-state index contributed by atoms with van der Waals surface area (Å²) in [6.45, 7) is 7.57. The van der Waals surface area contributed by atoms with Crippen LogP contribution in [0.15, 0.2) is 48.7 Å². The van der Waals surface area contributed by atoms with E-state index in [0.29, 0.717) is 0 Å². The molecule has 144 valence electrons. The number of rotatable bonds is 4. The quantitative estimate of drug-likeness (QED) is 0.715. The Bertz CT molecular complexity index is 954. The molecular weight excluding hydrogens is 372 g/mol. The van der Waals surface area contributed by atoms with Crippen LogP contribution in [-0.4, -0.2) is 41.1 Å². The summed E-state index contributed by atoms with van der Waals surface area (Å²) in [6, 6.07) is 13.8. The highest BCUT2D eigenvalue weighted by Crippen LogP contribution is 2.25. The van der Waals surface area contributed by atoms with Crippen LogP contribution in [0.2, 0.25) is 5.02 Å². The number of piperazine rings is 1. The average molecular weight is 395 g/mol. The zero-order chi connectivity index (χ0) is 19.5. The second-order valence-electron chi connectivity index (χ2n) is 6.90. The first-order valence-electron chi connectivity index (χ1n) is 9.38. The van der Waals surface area contributed by atoms with Crippen molar-refractivity contribution in [2.75, 3.05) is 41.3 Å². The van der Waals surface area contributed by atoms with Gasteiger partial charge in [-0.15, -0.1) is 0 Å². The molecule has 0 spiro atoms. The monoisotopic (exact) mass is 394 g/mol. The number of nitrogens with zero attached hydrogens (tertiary/aromatic N) is 5. The molecule has 0 atom stereocenters. The molecule has 0 saturated carbocycles. The number of nitrogens with one attached hydrogen (secondary N) is 1. The Balaban J connectivity index is 1.48. The van der Waals surface area contributed by atoms with Crippen molar-refractivity contribution in [2.24, 2.45) is 0 Å². The van der Waals surface area contributed by atoms with Crippen LogP contribution in [0.4, 0.5) is 23.1 Å². The molecule has 0 aliphatic carbocycles. The molecule has 1 fully saturated rings. The third kappa shape index (κ3) is 4.17. The van der Waals surface area contributed by atoms with Gasteiger partial charge in [0, 0.05) is 49.2 Å². The number of halogens is 1. The van der Waals surface area contributed by atoms with E-state index in [2.05, 4.69) is 36.1 Å². The molecule has 2 aromatic heterocycles. The second-order valence-corrected chi connectivity index (χ2v) is 7.34. The van der Waals surface area contributed by atoms with E-state index in [1.165, 1.54) is 0 Å². The topological polar surface area (TPSA) is 57.2 Å². The van der Waals surface area contributed by atoms with Crippen LogP contribution in [0.1, 0.15) is 11.4 Å². The van der Waals surface area contributed by atoms with E-state index in [0.717, 1.165) is 65.7 Å². The lowest BCUT2D eigenvalue weighted by atomic mass is 10.2. The van der Waals surface area contributed by atoms with E-state index < -0.39 is 0 Å². The third-order valence-electron chi connectivity index (χ3n) is 4.85. The van der Waals surface area contributed by atoms with Crippen LogP contribution >= 0.6 is 11.6 Å². The molecule has 3 heterocycles. The number of hydrogen-bond donors (Lipinski definition) is 1. The van der Waals surface area contributed by atoms with E-state index in [1.807, 2.05) is 56.4 Å². The van der Waals surface area contributed by atoms with Gasteiger partial charge in [-0.2, -0.15) is 0 Å². The lowest BCUT2D eigenvalue weighted by molar-refractivity contribution is 0.640. The molecular formula is C21H23ClN6. The Labute approximate surface area is 170 Å². The number of benzene rings is 1. The van der Waals surface area contributed by atoms with E-state index in [4.69, 9.17) is 11.6 Å². The van der Waals surface area contributed by atoms with E-state index >= 15 is 0 Å². The van der Waals surface area contributed by atoms with Gasteiger partial charge in [-0.1, -0.05) is 17.7 Å². The molecule has 1 aliphatic rings. The van der Waals surface area contributed by atoms with Crippen molar-refractivity contribution < 1.29 is 0 Å². The number of hydrogen-bond acceptors (Lipinski definition) is 6. The van der Waals surface area contributed by atoms with Gasteiger partial charge < -0.3 is 15.1 Å². The van der Waals surface area contributed by atoms with Gasteiger partial charge in [0.05, 0.1) is 0 Å². The molecule has 1 N–H and O–H groups in total. The van der Waals surface area contributed by atoms with Crippen LogP contribution < -0.4 is 15.1 Å². The summed E-state index contributed by atoms with van der Waals surface area (Å²) in [4.78, 5) is 18.3. The van der Waals surface area contributed by atoms with Gasteiger partial charge in [0.25, 0.3) is 0 Å². The van der Waals surface area contributed by atoms with Gasteiger partial charge in [-0.3, -0.25) is 0 Å². The van der Waals surface area contributed by atoms with Gasteiger partial charge in [0.1, 0.15) is 23.3 Å². The summed E-state index contributed by atoms with van der Waals surface area (Å²) >= 11 is 6.06. The molecule has 0 bridgehead atoms. The molecule has 1 aromatic carbocycles. The fraction of sp³-hybridized carbons (Fsp3) is 0.286. The smallest absolute Gasteiger partial charge is 0.136 e. The summed E-state index contributed by atoms with van der Waals surface area (Å²) in [5.74, 6) is 3.52. The maximum atomic E-state index is 6.06. The van der Waals surface area contributed by atoms with Crippen molar-refractivity contribution in [3.8, 4) is 0 Å². The molecule has 3 aromatic rings. The van der Waals surface area contributed by atoms with Crippen LogP contribution in [0, 0.1) is 13.8 Å². The zero-order valence-corrected chi connectivity index (χ0v) is 16.8. The van der Waals surface area contributed by atoms with Crippen molar-refractivity contribution in [1.29, 1.82) is 0 Å². The molecule has 0 amide bonds. The largest absolute Gasteiger partial charge is 0.353 e. The van der Waals surface area contributed by atoms with E-state index in [-0.39, 0.29) is 0 Å². The highest BCUT2D eigenvalue weighted by molar-refractivity contribution is 6.30. The van der Waals surface area contributed by atoms with Crippen LogP contribution in [-0.2, 0) is 0 Å². The number of pyridine rings is 1.